The van der Waals surface area contributed by atoms with E-state index in [2.05, 4.69) is 5.32 Å². The number of hydrogen-bond donors (Lipinski definition) is 2. The van der Waals surface area contributed by atoms with Crippen molar-refractivity contribution < 1.29 is 33.6 Å². The first-order valence-electron chi connectivity index (χ1n) is 11.7. The van der Waals surface area contributed by atoms with Gasteiger partial charge in [-0.3, -0.25) is 5.32 Å². The van der Waals surface area contributed by atoms with Gasteiger partial charge in [-0.25, -0.2) is 9.59 Å². The summed E-state index contributed by atoms with van der Waals surface area (Å²) in [5, 5.41) is 11.7. The standard InChI is InChI=1S/C27H35NO7/c1-5-33-26(30)20(3)8-6-7-19(2)25(21-9-13-24(14-10-21)34-18-17-29)35-27(31)28-22-11-15-23(32-4)16-12-22/h8-16,19,25,29H,5-7,17-18H2,1-4H3,(H,28,31)/b20-8+/t19-,25-/m1/s1. The van der Waals surface area contributed by atoms with Gasteiger partial charge in [0.1, 0.15) is 24.2 Å². The molecule has 0 saturated heterocycles. The molecule has 1 amide bonds. The Balaban J connectivity index is 2.12. The minimum Gasteiger partial charge on any atom is -0.497 e. The van der Waals surface area contributed by atoms with Crippen LogP contribution in [0.1, 0.15) is 45.3 Å². The molecule has 0 aliphatic rings. The number of aliphatic hydroxyl groups excluding tert-OH is 1. The summed E-state index contributed by atoms with van der Waals surface area (Å²) in [5.41, 5.74) is 1.95. The summed E-state index contributed by atoms with van der Waals surface area (Å²) in [5.74, 6) is 0.923. The fraction of sp³-hybridized carbons (Fsp3) is 0.407. The molecular weight excluding hydrogens is 450 g/mol. The Morgan fingerprint density at radius 2 is 1.71 bits per heavy atom. The van der Waals surface area contributed by atoms with Gasteiger partial charge in [0, 0.05) is 11.3 Å². The Morgan fingerprint density at radius 3 is 2.31 bits per heavy atom. The third-order valence-electron chi connectivity index (χ3n) is 5.33. The molecule has 2 N–H and O–H groups in total. The van der Waals surface area contributed by atoms with Crippen molar-refractivity contribution in [2.24, 2.45) is 5.92 Å². The molecule has 0 saturated carbocycles. The monoisotopic (exact) mass is 485 g/mol. The first kappa shape index (κ1) is 27.7. The Kier molecular flexibility index (Phi) is 11.6. The molecule has 0 aliphatic heterocycles. The van der Waals surface area contributed by atoms with Gasteiger partial charge in [0.15, 0.2) is 0 Å². The van der Waals surface area contributed by atoms with Crippen LogP contribution in [0.2, 0.25) is 0 Å². The van der Waals surface area contributed by atoms with Gasteiger partial charge >= 0.3 is 12.1 Å². The Morgan fingerprint density at radius 1 is 1.06 bits per heavy atom. The van der Waals surface area contributed by atoms with Gasteiger partial charge in [-0.15, -0.1) is 0 Å². The molecule has 0 aromatic heterocycles. The minimum atomic E-state index is -0.578. The maximum Gasteiger partial charge on any atom is 0.412 e. The number of nitrogens with one attached hydrogen (secondary N) is 1. The van der Waals surface area contributed by atoms with Crippen LogP contribution >= 0.6 is 0 Å². The van der Waals surface area contributed by atoms with Crippen LogP contribution in [0.25, 0.3) is 0 Å². The molecule has 0 spiro atoms. The van der Waals surface area contributed by atoms with Crippen LogP contribution in [0.5, 0.6) is 11.5 Å². The highest BCUT2D eigenvalue weighted by Crippen LogP contribution is 2.31. The van der Waals surface area contributed by atoms with E-state index in [1.807, 2.05) is 25.1 Å². The summed E-state index contributed by atoms with van der Waals surface area (Å²) in [6.07, 6.45) is 2.04. The fourth-order valence-corrected chi connectivity index (χ4v) is 3.41. The van der Waals surface area contributed by atoms with Crippen molar-refractivity contribution in [3.63, 3.8) is 0 Å². The number of carbonyl (C=O) groups excluding carboxylic acids is 2. The van der Waals surface area contributed by atoms with E-state index >= 15 is 0 Å². The molecule has 0 aliphatic carbocycles. The second-order valence-electron chi connectivity index (χ2n) is 7.98. The summed E-state index contributed by atoms with van der Waals surface area (Å²) in [6, 6.07) is 14.2. The third kappa shape index (κ3) is 9.33. The van der Waals surface area contributed by atoms with Gasteiger partial charge in [0.25, 0.3) is 0 Å². The van der Waals surface area contributed by atoms with E-state index in [1.165, 1.54) is 0 Å². The van der Waals surface area contributed by atoms with Crippen LogP contribution < -0.4 is 14.8 Å². The maximum atomic E-state index is 12.7. The van der Waals surface area contributed by atoms with Crippen molar-refractivity contribution in [1.82, 2.24) is 0 Å². The summed E-state index contributed by atoms with van der Waals surface area (Å²) in [7, 11) is 1.58. The zero-order valence-corrected chi connectivity index (χ0v) is 20.8. The number of hydrogen-bond acceptors (Lipinski definition) is 7. The fourth-order valence-electron chi connectivity index (χ4n) is 3.41. The Bertz CT molecular complexity index is 954. The summed E-state index contributed by atoms with van der Waals surface area (Å²) in [6.45, 7) is 5.95. The molecule has 2 rings (SSSR count). The first-order chi connectivity index (χ1) is 16.9. The topological polar surface area (TPSA) is 103 Å². The van der Waals surface area contributed by atoms with E-state index in [-0.39, 0.29) is 25.1 Å². The molecule has 2 aromatic carbocycles. The van der Waals surface area contributed by atoms with E-state index in [1.54, 1.807) is 57.4 Å². The molecule has 2 atom stereocenters. The molecule has 0 fully saturated rings. The second kappa shape index (κ2) is 14.7. The highest BCUT2D eigenvalue weighted by molar-refractivity contribution is 5.87. The maximum absolute atomic E-state index is 12.7. The number of esters is 1. The predicted octanol–water partition coefficient (Wildman–Crippen LogP) is 5.28. The van der Waals surface area contributed by atoms with Gasteiger partial charge in [-0.05, 0) is 74.6 Å². The van der Waals surface area contributed by atoms with Crippen LogP contribution in [0.4, 0.5) is 10.5 Å². The first-order valence-corrected chi connectivity index (χ1v) is 11.7. The third-order valence-corrected chi connectivity index (χ3v) is 5.33. The molecule has 8 nitrogen and oxygen atoms in total. The summed E-state index contributed by atoms with van der Waals surface area (Å²) >= 11 is 0. The average molecular weight is 486 g/mol. The van der Waals surface area contributed by atoms with Crippen LogP contribution in [0.3, 0.4) is 0 Å². The average Bonchev–Trinajstić information content (AvgIpc) is 2.86. The van der Waals surface area contributed by atoms with Crippen LogP contribution in [-0.4, -0.2) is 44.1 Å². The van der Waals surface area contributed by atoms with Crippen molar-refractivity contribution in [1.29, 1.82) is 0 Å². The highest BCUT2D eigenvalue weighted by Gasteiger charge is 2.24. The minimum absolute atomic E-state index is 0.0490. The van der Waals surface area contributed by atoms with Crippen molar-refractivity contribution in [3.8, 4) is 11.5 Å². The van der Waals surface area contributed by atoms with E-state index < -0.39 is 12.2 Å². The lowest BCUT2D eigenvalue weighted by Gasteiger charge is -2.25. The van der Waals surface area contributed by atoms with Crippen LogP contribution in [0.15, 0.2) is 60.2 Å². The number of carbonyl (C=O) groups is 2. The number of rotatable bonds is 13. The lowest BCUT2D eigenvalue weighted by molar-refractivity contribution is -0.138. The number of aliphatic hydroxyl groups is 1. The number of anilines is 1. The smallest absolute Gasteiger partial charge is 0.412 e. The summed E-state index contributed by atoms with van der Waals surface area (Å²) in [4.78, 5) is 24.6. The van der Waals surface area contributed by atoms with E-state index in [9.17, 15) is 9.59 Å². The number of allylic oxidation sites excluding steroid dienone is 1. The predicted molar refractivity (Wildman–Crippen MR) is 134 cm³/mol. The molecule has 190 valence electrons. The molecule has 0 bridgehead atoms. The SMILES string of the molecule is CCOC(=O)/C(C)=C/CC[C@@H](C)[C@@H](OC(=O)Nc1ccc(OC)cc1)c1ccc(OCCO)cc1. The molecular formula is C27H35NO7. The molecule has 0 heterocycles. The number of ether oxygens (including phenoxy) is 4. The molecule has 0 radical (unpaired) electrons. The van der Waals surface area contributed by atoms with Gasteiger partial charge < -0.3 is 24.1 Å². The Hall–Kier alpha value is -3.52. The quantitative estimate of drug-likeness (QED) is 0.294. The lowest BCUT2D eigenvalue weighted by Crippen LogP contribution is -2.22. The Labute approximate surface area is 206 Å². The zero-order chi connectivity index (χ0) is 25.6. The van der Waals surface area contributed by atoms with Crippen molar-refractivity contribution in [2.75, 3.05) is 32.2 Å². The second-order valence-corrected chi connectivity index (χ2v) is 7.98. The van der Waals surface area contributed by atoms with E-state index in [0.717, 1.165) is 5.56 Å². The molecule has 2 aromatic rings. The van der Waals surface area contributed by atoms with Crippen molar-refractivity contribution >= 4 is 17.7 Å². The van der Waals surface area contributed by atoms with Gasteiger partial charge in [0.2, 0.25) is 0 Å². The lowest BCUT2D eigenvalue weighted by atomic mass is 9.92. The summed E-state index contributed by atoms with van der Waals surface area (Å²) < 4.78 is 21.4. The normalized spacial score (nSPS) is 12.9. The molecule has 0 unspecified atom stereocenters. The van der Waals surface area contributed by atoms with Crippen LogP contribution in [-0.2, 0) is 14.3 Å². The largest absolute Gasteiger partial charge is 0.497 e. The van der Waals surface area contributed by atoms with Crippen molar-refractivity contribution in [3.05, 3.63) is 65.7 Å². The highest BCUT2D eigenvalue weighted by atomic mass is 16.6. The molecule has 8 heteroatoms. The van der Waals surface area contributed by atoms with Gasteiger partial charge in [-0.2, -0.15) is 0 Å². The zero-order valence-electron chi connectivity index (χ0n) is 20.8. The van der Waals surface area contributed by atoms with Gasteiger partial charge in [-0.1, -0.05) is 25.1 Å². The molecule has 35 heavy (non-hydrogen) atoms. The van der Waals surface area contributed by atoms with Gasteiger partial charge in [0.05, 0.1) is 20.3 Å². The number of benzene rings is 2. The van der Waals surface area contributed by atoms with Crippen molar-refractivity contribution in [2.45, 2.75) is 39.7 Å². The van der Waals surface area contributed by atoms with E-state index in [4.69, 9.17) is 24.1 Å². The number of amides is 1. The van der Waals surface area contributed by atoms with Crippen LogP contribution in [0, 0.1) is 5.92 Å². The van der Waals surface area contributed by atoms with E-state index in [0.29, 0.717) is 42.2 Å². The number of methoxy groups -OCH3 is 1.